The molecule has 0 aromatic heterocycles. The second kappa shape index (κ2) is 7.93. The first kappa shape index (κ1) is 27.0. The highest BCUT2D eigenvalue weighted by Crippen LogP contribution is 2.72. The van der Waals surface area contributed by atoms with Crippen molar-refractivity contribution in [3.8, 4) is 0 Å². The van der Waals surface area contributed by atoms with Crippen molar-refractivity contribution < 1.29 is 9.05 Å². The van der Waals surface area contributed by atoms with Gasteiger partial charge in [-0.2, -0.15) is 0 Å². The Morgan fingerprint density at radius 1 is 0.633 bits per heavy atom. The summed E-state index contributed by atoms with van der Waals surface area (Å²) in [5.41, 5.74) is 0.124. The summed E-state index contributed by atoms with van der Waals surface area (Å²) in [6.45, 7) is 35.6. The molecule has 0 spiro atoms. The zero-order chi connectivity index (χ0) is 23.7. The van der Waals surface area contributed by atoms with Gasteiger partial charge in [-0.1, -0.05) is 96.9 Å². The first-order valence-electron chi connectivity index (χ1n) is 12.0. The zero-order valence-electron chi connectivity index (χ0n) is 22.9. The molecule has 178 valence electrons. The normalized spacial score (nSPS) is 32.5. The molecule has 3 aliphatic carbocycles. The number of hydrogen-bond donors (Lipinski definition) is 0. The van der Waals surface area contributed by atoms with Crippen LogP contribution in [0.25, 0.3) is 0 Å². The molecule has 3 fully saturated rings. The lowest BCUT2D eigenvalue weighted by Crippen LogP contribution is -2.67. The molecular formula is C26H52O2P2. The van der Waals surface area contributed by atoms with E-state index in [0.29, 0.717) is 11.3 Å². The Balaban J connectivity index is 2.47. The van der Waals surface area contributed by atoms with Crippen LogP contribution in [0, 0.1) is 17.3 Å². The van der Waals surface area contributed by atoms with Crippen molar-refractivity contribution in [2.24, 2.45) is 17.3 Å². The van der Waals surface area contributed by atoms with Gasteiger partial charge in [0.15, 0.2) is 0 Å². The van der Waals surface area contributed by atoms with Gasteiger partial charge in [-0.25, -0.2) is 0 Å². The van der Waals surface area contributed by atoms with Gasteiger partial charge >= 0.3 is 0 Å². The molecule has 0 aromatic rings. The lowest BCUT2D eigenvalue weighted by atomic mass is 9.43. The lowest BCUT2D eigenvalue weighted by Gasteiger charge is -2.68. The average molecular weight is 459 g/mol. The Morgan fingerprint density at radius 3 is 1.37 bits per heavy atom. The Morgan fingerprint density at radius 2 is 1.03 bits per heavy atom. The maximum Gasteiger partial charge on any atom is 0.0994 e. The fourth-order valence-corrected chi connectivity index (χ4v) is 12.7. The van der Waals surface area contributed by atoms with Crippen LogP contribution in [0.3, 0.4) is 0 Å². The summed E-state index contributed by atoms with van der Waals surface area (Å²) >= 11 is 0. The van der Waals surface area contributed by atoms with Crippen LogP contribution in [0.1, 0.15) is 117 Å². The maximum atomic E-state index is 7.38. The molecule has 2 bridgehead atoms. The van der Waals surface area contributed by atoms with Gasteiger partial charge in [0.25, 0.3) is 0 Å². The molecule has 0 N–H and O–H groups in total. The molecule has 3 rings (SSSR count). The second-order valence-electron chi connectivity index (χ2n) is 14.7. The summed E-state index contributed by atoms with van der Waals surface area (Å²) in [5, 5.41) is 0.601. The topological polar surface area (TPSA) is 18.5 Å². The van der Waals surface area contributed by atoms with Crippen molar-refractivity contribution in [3.63, 3.8) is 0 Å². The van der Waals surface area contributed by atoms with Crippen LogP contribution in [0.15, 0.2) is 0 Å². The highest BCUT2D eigenvalue weighted by molar-refractivity contribution is 7.56. The average Bonchev–Trinajstić information content (AvgIpc) is 2.46. The van der Waals surface area contributed by atoms with Crippen molar-refractivity contribution in [3.05, 3.63) is 0 Å². The van der Waals surface area contributed by atoms with E-state index in [2.05, 4.69) is 104 Å². The molecular weight excluding hydrogens is 406 g/mol. The largest absolute Gasteiger partial charge is 0.352 e. The minimum Gasteiger partial charge on any atom is -0.352 e. The van der Waals surface area contributed by atoms with E-state index in [9.17, 15) is 0 Å². The highest BCUT2D eigenvalue weighted by Gasteiger charge is 2.66. The first-order chi connectivity index (χ1) is 13.0. The van der Waals surface area contributed by atoms with Crippen molar-refractivity contribution in [1.82, 2.24) is 0 Å². The minimum atomic E-state index is -0.638. The fraction of sp³-hybridized carbons (Fsp3) is 1.00. The van der Waals surface area contributed by atoms with E-state index in [1.807, 2.05) is 0 Å². The summed E-state index contributed by atoms with van der Waals surface area (Å²) in [7, 11) is -1.25. The van der Waals surface area contributed by atoms with E-state index in [1.165, 1.54) is 6.42 Å². The van der Waals surface area contributed by atoms with Gasteiger partial charge in [-0.3, -0.25) is 0 Å². The Kier molecular flexibility index (Phi) is 7.14. The molecule has 0 unspecified atom stereocenters. The van der Waals surface area contributed by atoms with Crippen LogP contribution in [-0.4, -0.2) is 32.3 Å². The minimum absolute atomic E-state index is 0.144. The van der Waals surface area contributed by atoms with Gasteiger partial charge in [-0.05, 0) is 37.0 Å². The van der Waals surface area contributed by atoms with Crippen LogP contribution in [-0.2, 0) is 9.05 Å². The summed E-state index contributed by atoms with van der Waals surface area (Å²) in [6.07, 6.45) is 2.63. The standard InChI is InChI=1S/C26H52O2P2/c1-21(2,3)29(22(4,5)6)27-20-17-18-16-19(25(18,13)14)26(20,15)28-30(23(7,8)9)24(10,11)12/h18-20H,16-17H2,1-15H3/t18-,19-,20+,26-/m1/s1. The Hall–Kier alpha value is 0.780. The first-order valence-corrected chi connectivity index (χ1v) is 14.5. The lowest BCUT2D eigenvalue weighted by molar-refractivity contribution is -0.225. The van der Waals surface area contributed by atoms with E-state index in [1.54, 1.807) is 0 Å². The summed E-state index contributed by atoms with van der Waals surface area (Å²) in [6, 6.07) is 0. The molecule has 30 heavy (non-hydrogen) atoms. The molecule has 0 aromatic carbocycles. The van der Waals surface area contributed by atoms with Crippen LogP contribution < -0.4 is 0 Å². The number of rotatable bonds is 4. The van der Waals surface area contributed by atoms with E-state index < -0.39 is 16.3 Å². The second-order valence-corrected chi connectivity index (χ2v) is 21.6. The fourth-order valence-electron chi connectivity index (χ4n) is 6.30. The quantitative estimate of drug-likeness (QED) is 0.391. The van der Waals surface area contributed by atoms with Crippen LogP contribution in [0.5, 0.6) is 0 Å². The van der Waals surface area contributed by atoms with Gasteiger partial charge in [0, 0.05) is 36.9 Å². The van der Waals surface area contributed by atoms with Gasteiger partial charge in [-0.15, -0.1) is 0 Å². The third-order valence-corrected chi connectivity index (χ3v) is 13.2. The van der Waals surface area contributed by atoms with Crippen molar-refractivity contribution in [2.45, 2.75) is 149 Å². The SMILES string of the molecule is CC1(C)[C@H]2C[C@H](OP(C(C)(C)C)C(C)(C)C)[C@](C)(OP(C(C)(C)C)C(C)(C)C)[C@@H]1C2. The third kappa shape index (κ3) is 5.13. The van der Waals surface area contributed by atoms with E-state index in [4.69, 9.17) is 9.05 Å². The Bertz CT molecular complexity index is 587. The van der Waals surface area contributed by atoms with Gasteiger partial charge in [0.2, 0.25) is 0 Å². The highest BCUT2D eigenvalue weighted by atomic mass is 31.1. The van der Waals surface area contributed by atoms with E-state index in [0.717, 1.165) is 12.3 Å². The molecule has 0 radical (unpaired) electrons. The summed E-state index contributed by atoms with van der Waals surface area (Å²) in [4.78, 5) is 0. The third-order valence-electron chi connectivity index (χ3n) is 7.26. The smallest absolute Gasteiger partial charge is 0.0994 e. The predicted molar refractivity (Wildman–Crippen MR) is 137 cm³/mol. The van der Waals surface area contributed by atoms with Crippen LogP contribution in [0.4, 0.5) is 0 Å². The molecule has 3 aliphatic rings. The zero-order valence-corrected chi connectivity index (χ0v) is 24.6. The molecule has 4 heteroatoms. The molecule has 0 amide bonds. The maximum absolute atomic E-state index is 7.38. The monoisotopic (exact) mass is 458 g/mol. The molecule has 4 atom stereocenters. The predicted octanol–water partition coefficient (Wildman–Crippen LogP) is 9.20. The van der Waals surface area contributed by atoms with Crippen LogP contribution in [0.2, 0.25) is 0 Å². The van der Waals surface area contributed by atoms with Crippen molar-refractivity contribution in [1.29, 1.82) is 0 Å². The van der Waals surface area contributed by atoms with Crippen molar-refractivity contribution >= 4 is 16.3 Å². The van der Waals surface area contributed by atoms with Gasteiger partial charge in [0.1, 0.15) is 0 Å². The Labute approximate surface area is 191 Å². The molecule has 0 heterocycles. The molecule has 0 aliphatic heterocycles. The molecule has 0 saturated heterocycles. The number of hydrogen-bond acceptors (Lipinski definition) is 2. The van der Waals surface area contributed by atoms with Gasteiger partial charge < -0.3 is 9.05 Å². The van der Waals surface area contributed by atoms with Crippen LogP contribution >= 0.6 is 16.3 Å². The van der Waals surface area contributed by atoms with Crippen molar-refractivity contribution in [2.75, 3.05) is 0 Å². The number of fused-ring (bicyclic) bond motifs is 2. The van der Waals surface area contributed by atoms with E-state index in [-0.39, 0.29) is 32.3 Å². The molecule has 2 nitrogen and oxygen atoms in total. The molecule has 3 saturated carbocycles. The summed E-state index contributed by atoms with van der Waals surface area (Å²) in [5.74, 6) is 1.33. The van der Waals surface area contributed by atoms with Gasteiger partial charge in [0.05, 0.1) is 11.7 Å². The van der Waals surface area contributed by atoms with E-state index >= 15 is 0 Å². The summed E-state index contributed by atoms with van der Waals surface area (Å²) < 4.78 is 14.6.